The summed E-state index contributed by atoms with van der Waals surface area (Å²) in [6.07, 6.45) is 5.98. The van der Waals surface area contributed by atoms with Crippen molar-refractivity contribution in [3.63, 3.8) is 0 Å². The normalized spacial score (nSPS) is 11.6. The molecule has 1 aliphatic heterocycles. The third-order valence-corrected chi connectivity index (χ3v) is 5.12. The van der Waals surface area contributed by atoms with Gasteiger partial charge in [0.15, 0.2) is 5.82 Å². The minimum absolute atomic E-state index is 0.383. The van der Waals surface area contributed by atoms with Gasteiger partial charge in [-0.1, -0.05) is 6.07 Å². The highest BCUT2D eigenvalue weighted by atomic mass is 16.5. The minimum atomic E-state index is 0.383. The lowest BCUT2D eigenvalue weighted by Crippen LogP contribution is -2.02. The first kappa shape index (κ1) is 19.4. The third-order valence-electron chi connectivity index (χ3n) is 5.12. The molecule has 2 aromatic heterocycles. The maximum atomic E-state index is 8.97. The van der Waals surface area contributed by atoms with Gasteiger partial charge in [0.2, 0.25) is 11.8 Å². The number of nitriles is 1. The summed E-state index contributed by atoms with van der Waals surface area (Å²) in [7, 11) is 0. The lowest BCUT2D eigenvalue weighted by Gasteiger charge is -2.14. The molecule has 3 heterocycles. The van der Waals surface area contributed by atoms with Crippen molar-refractivity contribution in [3.8, 4) is 28.8 Å². The van der Waals surface area contributed by atoms with E-state index in [1.165, 1.54) is 0 Å². The summed E-state index contributed by atoms with van der Waals surface area (Å²) in [5.74, 6) is 2.18. The van der Waals surface area contributed by atoms with Gasteiger partial charge in [-0.15, -0.1) is 0 Å². The number of aliphatic imine (C=N–C) groups is 1. The van der Waals surface area contributed by atoms with E-state index in [-0.39, 0.29) is 0 Å². The molecule has 0 spiro atoms. The number of ether oxygens (including phenoxy) is 1. The number of nitrogens with zero attached hydrogens (tertiary/aromatic N) is 5. The molecule has 0 fully saturated rings. The van der Waals surface area contributed by atoms with E-state index in [4.69, 9.17) is 10.00 Å². The predicted octanol–water partition coefficient (Wildman–Crippen LogP) is 5.51. The van der Waals surface area contributed by atoms with Gasteiger partial charge in [0.25, 0.3) is 0 Å². The average molecular weight is 418 g/mol. The lowest BCUT2D eigenvalue weighted by molar-refractivity contribution is 0.455. The fraction of sp³-hybridized carbons (Fsp3) is 0.0800. The molecule has 0 unspecified atom stereocenters. The number of fused-ring (bicyclic) bond motifs is 1. The van der Waals surface area contributed by atoms with Crippen molar-refractivity contribution in [1.29, 1.82) is 5.26 Å². The molecular weight excluding hydrogens is 400 g/mol. The third kappa shape index (κ3) is 3.89. The molecule has 0 bridgehead atoms. The summed E-state index contributed by atoms with van der Waals surface area (Å²) in [6.45, 7) is 2.01. The van der Waals surface area contributed by atoms with E-state index in [1.807, 2.05) is 31.2 Å². The van der Waals surface area contributed by atoms with Crippen LogP contribution in [0, 0.1) is 18.3 Å². The van der Waals surface area contributed by atoms with Crippen molar-refractivity contribution in [2.45, 2.75) is 13.3 Å². The van der Waals surface area contributed by atoms with Crippen LogP contribution < -0.4 is 10.1 Å². The fourth-order valence-corrected chi connectivity index (χ4v) is 3.45. The van der Waals surface area contributed by atoms with E-state index in [0.29, 0.717) is 29.6 Å². The Morgan fingerprint density at radius 1 is 0.969 bits per heavy atom. The molecule has 2 aromatic carbocycles. The van der Waals surface area contributed by atoms with Gasteiger partial charge in [0.05, 0.1) is 17.2 Å². The molecule has 0 saturated heterocycles. The summed E-state index contributed by atoms with van der Waals surface area (Å²) in [4.78, 5) is 17.5. The van der Waals surface area contributed by atoms with Gasteiger partial charge in [-0.05, 0) is 72.1 Å². The van der Waals surface area contributed by atoms with Gasteiger partial charge in [0.1, 0.15) is 5.75 Å². The Morgan fingerprint density at radius 2 is 1.78 bits per heavy atom. The smallest absolute Gasteiger partial charge is 0.232 e. The van der Waals surface area contributed by atoms with Crippen LogP contribution in [0.4, 0.5) is 17.5 Å². The monoisotopic (exact) mass is 418 g/mol. The quantitative estimate of drug-likeness (QED) is 0.459. The zero-order valence-corrected chi connectivity index (χ0v) is 17.3. The number of benzene rings is 2. The summed E-state index contributed by atoms with van der Waals surface area (Å²) < 4.78 is 6.23. The van der Waals surface area contributed by atoms with Crippen LogP contribution in [0.15, 0.2) is 72.0 Å². The van der Waals surface area contributed by atoms with Crippen molar-refractivity contribution >= 4 is 23.7 Å². The topological polar surface area (TPSA) is 96.1 Å². The standard InChI is InChI=1S/C25H18N6O/c1-16-14-19(18-8-11-27-12-9-18)4-7-22(16)32-24-21-10-13-28-23(21)30-25(31-24)29-20-5-2-17(15-26)3-6-20/h2-9,11-14H,10H2,1H3,(H,29,30,31). The number of hydrogen-bond acceptors (Lipinski definition) is 7. The molecule has 1 N–H and O–H groups in total. The van der Waals surface area contributed by atoms with Crippen LogP contribution in [0.5, 0.6) is 11.6 Å². The zero-order valence-electron chi connectivity index (χ0n) is 17.3. The van der Waals surface area contributed by atoms with E-state index in [9.17, 15) is 0 Å². The molecular formula is C25H18N6O. The van der Waals surface area contributed by atoms with Gasteiger partial charge in [-0.2, -0.15) is 15.2 Å². The summed E-state index contributed by atoms with van der Waals surface area (Å²) >= 11 is 0. The zero-order chi connectivity index (χ0) is 21.9. The number of aryl methyl sites for hydroxylation is 1. The van der Waals surface area contributed by atoms with Crippen LogP contribution in [-0.4, -0.2) is 21.2 Å². The lowest BCUT2D eigenvalue weighted by atomic mass is 10.0. The number of hydrogen-bond donors (Lipinski definition) is 1. The molecule has 0 amide bonds. The summed E-state index contributed by atoms with van der Waals surface area (Å²) in [5, 5.41) is 12.1. The number of anilines is 2. The van der Waals surface area contributed by atoms with Gasteiger partial charge in [0, 0.05) is 30.7 Å². The molecule has 0 aliphatic carbocycles. The van der Waals surface area contributed by atoms with Crippen LogP contribution in [0.3, 0.4) is 0 Å². The molecule has 32 heavy (non-hydrogen) atoms. The second-order valence-electron chi connectivity index (χ2n) is 7.30. The maximum Gasteiger partial charge on any atom is 0.232 e. The number of rotatable bonds is 5. The van der Waals surface area contributed by atoms with Crippen molar-refractivity contribution in [2.24, 2.45) is 4.99 Å². The Labute approximate surface area is 185 Å². The van der Waals surface area contributed by atoms with Gasteiger partial charge >= 0.3 is 0 Å². The predicted molar refractivity (Wildman–Crippen MR) is 123 cm³/mol. The van der Waals surface area contributed by atoms with Crippen molar-refractivity contribution in [2.75, 3.05) is 5.32 Å². The first-order valence-corrected chi connectivity index (χ1v) is 10.1. The van der Waals surface area contributed by atoms with Gasteiger partial charge < -0.3 is 10.1 Å². The second kappa shape index (κ2) is 8.28. The molecule has 7 heteroatoms. The Kier molecular flexibility index (Phi) is 5.02. The van der Waals surface area contributed by atoms with Crippen molar-refractivity contribution in [3.05, 3.63) is 83.7 Å². The molecule has 0 radical (unpaired) electrons. The van der Waals surface area contributed by atoms with Gasteiger partial charge in [-0.3, -0.25) is 4.98 Å². The van der Waals surface area contributed by atoms with E-state index in [1.54, 1.807) is 42.9 Å². The Morgan fingerprint density at radius 3 is 2.53 bits per heavy atom. The van der Waals surface area contributed by atoms with E-state index in [2.05, 4.69) is 37.4 Å². The Balaban J connectivity index is 1.44. The highest BCUT2D eigenvalue weighted by Crippen LogP contribution is 2.36. The van der Waals surface area contributed by atoms with Crippen LogP contribution in [0.1, 0.15) is 16.7 Å². The molecule has 7 nitrogen and oxygen atoms in total. The number of nitrogens with one attached hydrogen (secondary N) is 1. The minimum Gasteiger partial charge on any atom is -0.438 e. The van der Waals surface area contributed by atoms with E-state index < -0.39 is 0 Å². The largest absolute Gasteiger partial charge is 0.438 e. The van der Waals surface area contributed by atoms with Crippen LogP contribution in [0.2, 0.25) is 0 Å². The van der Waals surface area contributed by atoms with Crippen molar-refractivity contribution < 1.29 is 4.74 Å². The molecule has 0 saturated carbocycles. The summed E-state index contributed by atoms with van der Waals surface area (Å²) in [6, 6.07) is 19.2. The first-order valence-electron chi connectivity index (χ1n) is 10.1. The maximum absolute atomic E-state index is 8.97. The molecule has 5 rings (SSSR count). The van der Waals surface area contributed by atoms with Crippen LogP contribution >= 0.6 is 0 Å². The SMILES string of the molecule is Cc1cc(-c2ccncc2)ccc1Oc1nc(Nc2ccc(C#N)cc2)nc2c1CC=N2. The average Bonchev–Trinajstić information content (AvgIpc) is 3.30. The second-order valence-corrected chi connectivity index (χ2v) is 7.30. The van der Waals surface area contributed by atoms with E-state index in [0.717, 1.165) is 33.7 Å². The fourth-order valence-electron chi connectivity index (χ4n) is 3.45. The van der Waals surface area contributed by atoms with E-state index >= 15 is 0 Å². The molecule has 1 aliphatic rings. The van der Waals surface area contributed by atoms with Gasteiger partial charge in [-0.25, -0.2) is 4.99 Å². The van der Waals surface area contributed by atoms with Crippen LogP contribution in [0.25, 0.3) is 11.1 Å². The number of aromatic nitrogens is 3. The Hall–Kier alpha value is -4.57. The Bertz CT molecular complexity index is 1360. The molecule has 0 atom stereocenters. The molecule has 154 valence electrons. The van der Waals surface area contributed by atoms with Crippen LogP contribution in [-0.2, 0) is 6.42 Å². The first-order chi connectivity index (χ1) is 15.7. The number of pyridine rings is 1. The van der Waals surface area contributed by atoms with Crippen molar-refractivity contribution in [1.82, 2.24) is 15.0 Å². The highest BCUT2D eigenvalue weighted by Gasteiger charge is 2.19. The molecule has 4 aromatic rings. The summed E-state index contributed by atoms with van der Waals surface area (Å²) in [5.41, 5.74) is 5.40. The highest BCUT2D eigenvalue weighted by molar-refractivity contribution is 5.76.